The standard InChI is InChI=1S/C18H19N3O3S2/c1-10-4-5-12-13(7-10)26-17-15(12)16(23)20-18(21-17)25-9-14(22)19-8-11-3-2-6-24-11/h2-3,6,10,15H,4-5,7-9H2,1H3,(H,19,22). The first-order valence-corrected chi connectivity index (χ1v) is 10.4. The zero-order valence-corrected chi connectivity index (χ0v) is 16.0. The van der Waals surface area contributed by atoms with Gasteiger partial charge >= 0.3 is 0 Å². The van der Waals surface area contributed by atoms with Crippen LogP contribution >= 0.6 is 23.5 Å². The van der Waals surface area contributed by atoms with Crippen LogP contribution in [0.5, 0.6) is 0 Å². The molecular weight excluding hydrogens is 370 g/mol. The molecule has 3 aliphatic rings. The number of hydrogen-bond acceptors (Lipinski definition) is 6. The summed E-state index contributed by atoms with van der Waals surface area (Å²) in [4.78, 5) is 34.4. The highest BCUT2D eigenvalue weighted by Gasteiger charge is 2.41. The Bertz CT molecular complexity index is 827. The second kappa shape index (κ2) is 7.44. The van der Waals surface area contributed by atoms with E-state index in [1.54, 1.807) is 30.2 Å². The van der Waals surface area contributed by atoms with Crippen LogP contribution in [0.15, 0.2) is 43.3 Å². The number of amidine groups is 1. The van der Waals surface area contributed by atoms with Gasteiger partial charge in [0.25, 0.3) is 5.91 Å². The summed E-state index contributed by atoms with van der Waals surface area (Å²) in [6, 6.07) is 3.58. The van der Waals surface area contributed by atoms with Crippen molar-refractivity contribution in [2.45, 2.75) is 32.7 Å². The van der Waals surface area contributed by atoms with Gasteiger partial charge in [-0.15, -0.1) is 0 Å². The van der Waals surface area contributed by atoms with E-state index in [1.165, 1.54) is 22.2 Å². The smallest absolute Gasteiger partial charge is 0.262 e. The third kappa shape index (κ3) is 3.66. The molecule has 0 bridgehead atoms. The maximum absolute atomic E-state index is 12.5. The van der Waals surface area contributed by atoms with Crippen molar-refractivity contribution in [1.29, 1.82) is 0 Å². The Morgan fingerprint density at radius 3 is 3.15 bits per heavy atom. The minimum Gasteiger partial charge on any atom is -0.467 e. The Labute approximate surface area is 160 Å². The molecule has 3 heterocycles. The lowest BCUT2D eigenvalue weighted by Crippen LogP contribution is -2.27. The highest BCUT2D eigenvalue weighted by molar-refractivity contribution is 8.18. The van der Waals surface area contributed by atoms with E-state index in [2.05, 4.69) is 22.2 Å². The largest absolute Gasteiger partial charge is 0.467 e. The SMILES string of the molecule is CC1CCC2=C(C1)SC1=NC(SCC(=O)NCc3ccco3)=NC(=O)C12. The topological polar surface area (TPSA) is 84.0 Å². The van der Waals surface area contributed by atoms with Crippen molar-refractivity contribution in [2.24, 2.45) is 21.8 Å². The number of carbonyl (C=O) groups excluding carboxylic acids is 2. The van der Waals surface area contributed by atoms with Gasteiger partial charge in [0.15, 0.2) is 5.17 Å². The molecule has 0 aromatic carbocycles. The van der Waals surface area contributed by atoms with Crippen LogP contribution in [-0.4, -0.2) is 27.8 Å². The normalized spacial score (nSPS) is 24.7. The Balaban J connectivity index is 1.34. The maximum atomic E-state index is 12.5. The van der Waals surface area contributed by atoms with Crippen LogP contribution in [0.4, 0.5) is 0 Å². The van der Waals surface area contributed by atoms with Crippen LogP contribution in [0.3, 0.4) is 0 Å². The number of rotatable bonds is 4. The molecule has 2 aliphatic heterocycles. The lowest BCUT2D eigenvalue weighted by atomic mass is 9.84. The van der Waals surface area contributed by atoms with Crippen LogP contribution in [0.2, 0.25) is 0 Å². The molecule has 0 saturated carbocycles. The lowest BCUT2D eigenvalue weighted by molar-refractivity contribution is -0.119. The van der Waals surface area contributed by atoms with Gasteiger partial charge in [-0.1, -0.05) is 30.4 Å². The summed E-state index contributed by atoms with van der Waals surface area (Å²) in [5.41, 5.74) is 1.22. The first-order chi connectivity index (χ1) is 12.6. The van der Waals surface area contributed by atoms with E-state index in [0.29, 0.717) is 23.4 Å². The molecule has 1 N–H and O–H groups in total. The number of thioether (sulfide) groups is 2. The van der Waals surface area contributed by atoms with E-state index in [4.69, 9.17) is 4.42 Å². The third-order valence-corrected chi connectivity index (χ3v) is 6.71. The fraction of sp³-hybridized carbons (Fsp3) is 0.444. The van der Waals surface area contributed by atoms with Crippen LogP contribution in [0, 0.1) is 11.8 Å². The summed E-state index contributed by atoms with van der Waals surface area (Å²) in [5.74, 6) is 0.979. The zero-order chi connectivity index (χ0) is 18.1. The van der Waals surface area contributed by atoms with Crippen LogP contribution < -0.4 is 5.32 Å². The quantitative estimate of drug-likeness (QED) is 0.854. The minimum absolute atomic E-state index is 0.138. The summed E-state index contributed by atoms with van der Waals surface area (Å²) in [7, 11) is 0. The van der Waals surface area contributed by atoms with Gasteiger partial charge in [0.2, 0.25) is 5.91 Å². The van der Waals surface area contributed by atoms with Crippen LogP contribution in [-0.2, 0) is 16.1 Å². The number of amides is 2. The van der Waals surface area contributed by atoms with Crippen molar-refractivity contribution >= 4 is 45.5 Å². The monoisotopic (exact) mass is 389 g/mol. The average Bonchev–Trinajstić information content (AvgIpc) is 3.24. The summed E-state index contributed by atoms with van der Waals surface area (Å²) >= 11 is 2.83. The van der Waals surface area contributed by atoms with Crippen molar-refractivity contribution < 1.29 is 14.0 Å². The number of carbonyl (C=O) groups is 2. The minimum atomic E-state index is -0.264. The molecule has 2 amide bonds. The van der Waals surface area contributed by atoms with Gasteiger partial charge in [-0.3, -0.25) is 9.59 Å². The van der Waals surface area contributed by atoms with Gasteiger partial charge in [-0.05, 0) is 47.8 Å². The molecule has 26 heavy (non-hydrogen) atoms. The van der Waals surface area contributed by atoms with Crippen molar-refractivity contribution in [3.8, 4) is 0 Å². The van der Waals surface area contributed by atoms with E-state index in [9.17, 15) is 9.59 Å². The highest BCUT2D eigenvalue weighted by atomic mass is 32.2. The zero-order valence-electron chi connectivity index (χ0n) is 14.4. The van der Waals surface area contributed by atoms with E-state index >= 15 is 0 Å². The van der Waals surface area contributed by atoms with Gasteiger partial charge in [-0.25, -0.2) is 4.99 Å². The van der Waals surface area contributed by atoms with E-state index in [0.717, 1.165) is 24.3 Å². The Kier molecular flexibility index (Phi) is 5.04. The molecule has 1 aliphatic carbocycles. The molecule has 0 spiro atoms. The Morgan fingerprint density at radius 2 is 2.35 bits per heavy atom. The summed E-state index contributed by atoms with van der Waals surface area (Å²) in [5, 5.41) is 3.99. The number of fused-ring (bicyclic) bond motifs is 2. The maximum Gasteiger partial charge on any atom is 0.262 e. The fourth-order valence-electron chi connectivity index (χ4n) is 3.30. The van der Waals surface area contributed by atoms with Gasteiger partial charge in [0.05, 0.1) is 23.6 Å². The molecule has 0 saturated heterocycles. The Morgan fingerprint density at radius 1 is 1.46 bits per heavy atom. The van der Waals surface area contributed by atoms with Gasteiger partial charge in [-0.2, -0.15) is 4.99 Å². The van der Waals surface area contributed by atoms with Crippen molar-refractivity contribution in [3.63, 3.8) is 0 Å². The number of aliphatic imine (C=N–C) groups is 2. The van der Waals surface area contributed by atoms with Gasteiger partial charge < -0.3 is 9.73 Å². The fourth-order valence-corrected chi connectivity index (χ4v) is 5.50. The number of hydrogen-bond donors (Lipinski definition) is 1. The lowest BCUT2D eigenvalue weighted by Gasteiger charge is -2.21. The van der Waals surface area contributed by atoms with E-state index < -0.39 is 0 Å². The molecule has 1 aromatic heterocycles. The predicted molar refractivity (Wildman–Crippen MR) is 104 cm³/mol. The number of nitrogens with zero attached hydrogens (tertiary/aromatic N) is 2. The number of nitrogens with one attached hydrogen (secondary N) is 1. The molecule has 136 valence electrons. The summed E-state index contributed by atoms with van der Waals surface area (Å²) in [6.45, 7) is 2.59. The molecule has 0 radical (unpaired) electrons. The summed E-state index contributed by atoms with van der Waals surface area (Å²) < 4.78 is 5.17. The highest BCUT2D eigenvalue weighted by Crippen LogP contribution is 2.49. The van der Waals surface area contributed by atoms with Crippen molar-refractivity contribution in [1.82, 2.24) is 5.32 Å². The molecule has 0 fully saturated rings. The first-order valence-electron chi connectivity index (χ1n) is 8.63. The van der Waals surface area contributed by atoms with E-state index in [-0.39, 0.29) is 23.5 Å². The second-order valence-corrected chi connectivity index (χ2v) is 8.72. The molecule has 2 atom stereocenters. The van der Waals surface area contributed by atoms with Crippen molar-refractivity contribution in [3.05, 3.63) is 34.6 Å². The molecule has 8 heteroatoms. The molecule has 4 rings (SSSR count). The van der Waals surface area contributed by atoms with E-state index in [1.807, 2.05) is 0 Å². The molecule has 1 aromatic rings. The van der Waals surface area contributed by atoms with Gasteiger partial charge in [0, 0.05) is 0 Å². The number of furan rings is 1. The van der Waals surface area contributed by atoms with Crippen molar-refractivity contribution in [2.75, 3.05) is 5.75 Å². The molecule has 6 nitrogen and oxygen atoms in total. The molecule has 2 unspecified atom stereocenters. The van der Waals surface area contributed by atoms with Crippen LogP contribution in [0.25, 0.3) is 0 Å². The first kappa shape index (κ1) is 17.6. The third-order valence-electron chi connectivity index (χ3n) is 4.65. The second-order valence-electron chi connectivity index (χ2n) is 6.66. The molecular formula is C18H19N3O3S2. The number of allylic oxidation sites excluding steroid dienone is 1. The van der Waals surface area contributed by atoms with Gasteiger partial charge in [0.1, 0.15) is 11.7 Å². The van der Waals surface area contributed by atoms with Crippen LogP contribution in [0.1, 0.15) is 31.9 Å². The summed E-state index contributed by atoms with van der Waals surface area (Å²) in [6.07, 6.45) is 4.68. The average molecular weight is 390 g/mol. The predicted octanol–water partition coefficient (Wildman–Crippen LogP) is 3.36. The Hall–Kier alpha value is -1.80.